The normalized spacial score (nSPS) is 18.6. The fourth-order valence-corrected chi connectivity index (χ4v) is 1.33. The molecule has 7 nitrogen and oxygen atoms in total. The van der Waals surface area contributed by atoms with Crippen molar-refractivity contribution >= 4 is 13.7 Å². The number of nitrogens with two attached hydrogens (primary N) is 1. The van der Waals surface area contributed by atoms with Crippen LogP contribution in [0.3, 0.4) is 0 Å². The molecule has 8 heteroatoms. The molecule has 2 atom stereocenters. The number of amides is 1. The molecular weight excluding hydrogens is 211 g/mol. The van der Waals surface area contributed by atoms with Crippen LogP contribution < -0.4 is 10.6 Å². The molecule has 0 aliphatic carbocycles. The highest BCUT2D eigenvalue weighted by Gasteiger charge is 2.27. The molecule has 0 aromatic heterocycles. The van der Waals surface area contributed by atoms with Gasteiger partial charge in [0.25, 0.3) is 13.7 Å². The van der Waals surface area contributed by atoms with Crippen molar-refractivity contribution in [1.82, 2.24) is 0 Å². The number of hydrogen-bond donors (Lipinski definition) is 2. The third-order valence-corrected chi connectivity index (χ3v) is 1.81. The smallest absolute Gasteiger partial charge is 0.266 e. The van der Waals surface area contributed by atoms with Gasteiger partial charge in [-0.15, -0.1) is 0 Å². The second-order valence-corrected chi connectivity index (χ2v) is 5.09. The van der Waals surface area contributed by atoms with Crippen LogP contribution in [-0.4, -0.2) is 49.1 Å². The lowest BCUT2D eigenvalue weighted by Gasteiger charge is -2.29. The Hall–Kier alpha value is -0.460. The Kier molecular flexibility index (Phi) is 4.23. The van der Waals surface area contributed by atoms with Gasteiger partial charge >= 0.3 is 0 Å². The number of quaternary nitrogens is 1. The van der Waals surface area contributed by atoms with Crippen LogP contribution in [0.2, 0.25) is 0 Å². The molecular formula is C6H15N2O5P. The molecule has 14 heavy (non-hydrogen) atoms. The molecule has 0 aromatic rings. The fraction of sp³-hybridized carbons (Fsp3) is 0.833. The molecule has 0 aliphatic heterocycles. The molecule has 0 heterocycles. The Labute approximate surface area is 82.3 Å². The van der Waals surface area contributed by atoms with Crippen LogP contribution in [0.5, 0.6) is 0 Å². The lowest BCUT2D eigenvalue weighted by Crippen LogP contribution is -2.47. The van der Waals surface area contributed by atoms with Gasteiger partial charge in [0.15, 0.2) is 6.10 Å². The predicted molar refractivity (Wildman–Crippen MR) is 46.8 cm³/mol. The number of carbonyl (C=O) groups excluding carboxylic acids is 1. The third kappa shape index (κ3) is 6.99. The summed E-state index contributed by atoms with van der Waals surface area (Å²) in [6.07, 6.45) is -1.34. The van der Waals surface area contributed by atoms with Crippen molar-refractivity contribution in [2.45, 2.75) is 6.10 Å². The number of hydrogen-bond acceptors (Lipinski definition) is 4. The Bertz CT molecular complexity index is 255. The van der Waals surface area contributed by atoms with Crippen LogP contribution in [-0.2, 0) is 13.9 Å². The summed E-state index contributed by atoms with van der Waals surface area (Å²) in [5.74, 6) is -0.928. The SMILES string of the molecule is C[N+](C)(C)CC(OP(=O)([O-])O)C(N)=O. The minimum absolute atomic E-state index is 0.0577. The first kappa shape index (κ1) is 13.5. The van der Waals surface area contributed by atoms with Crippen LogP contribution >= 0.6 is 7.82 Å². The molecule has 0 rings (SSSR count). The quantitative estimate of drug-likeness (QED) is 0.417. The topological polar surface area (TPSA) is 113 Å². The number of carbonyl (C=O) groups is 1. The summed E-state index contributed by atoms with van der Waals surface area (Å²) >= 11 is 0. The zero-order valence-corrected chi connectivity index (χ0v) is 9.23. The number of likely N-dealkylation sites (N-methyl/N-ethyl adjacent to an activating group) is 1. The highest BCUT2D eigenvalue weighted by molar-refractivity contribution is 7.44. The maximum absolute atomic E-state index is 10.8. The molecule has 1 amide bonds. The third-order valence-electron chi connectivity index (χ3n) is 1.29. The highest BCUT2D eigenvalue weighted by atomic mass is 31.2. The monoisotopic (exact) mass is 226 g/mol. The van der Waals surface area contributed by atoms with E-state index in [0.29, 0.717) is 0 Å². The van der Waals surface area contributed by atoms with Gasteiger partial charge in [-0.3, -0.25) is 13.9 Å². The number of nitrogens with zero attached hydrogens (tertiary/aromatic N) is 1. The molecule has 3 N–H and O–H groups in total. The maximum atomic E-state index is 10.8. The lowest BCUT2D eigenvalue weighted by atomic mass is 10.3. The lowest BCUT2D eigenvalue weighted by molar-refractivity contribution is -0.872. The zero-order chi connectivity index (χ0) is 11.6. The Balaban J connectivity index is 4.48. The number of primary amides is 1. The van der Waals surface area contributed by atoms with Crippen molar-refractivity contribution in [2.75, 3.05) is 27.7 Å². The summed E-state index contributed by atoms with van der Waals surface area (Å²) in [6.45, 7) is 0.0577. The van der Waals surface area contributed by atoms with Gasteiger partial charge in [0.1, 0.15) is 6.54 Å². The summed E-state index contributed by atoms with van der Waals surface area (Å²) < 4.78 is 14.8. The first-order valence-corrected chi connectivity index (χ1v) is 5.33. The van der Waals surface area contributed by atoms with E-state index in [1.54, 1.807) is 21.1 Å². The highest BCUT2D eigenvalue weighted by Crippen LogP contribution is 2.32. The zero-order valence-electron chi connectivity index (χ0n) is 8.34. The Morgan fingerprint density at radius 2 is 2.07 bits per heavy atom. The minimum Gasteiger partial charge on any atom is -0.756 e. The first-order valence-electron chi connectivity index (χ1n) is 3.83. The second kappa shape index (κ2) is 4.37. The number of rotatable bonds is 5. The van der Waals surface area contributed by atoms with Crippen LogP contribution in [0.25, 0.3) is 0 Å². The van der Waals surface area contributed by atoms with Crippen molar-refractivity contribution in [3.63, 3.8) is 0 Å². The number of phosphoric ester groups is 1. The molecule has 0 saturated carbocycles. The van der Waals surface area contributed by atoms with Crippen LogP contribution in [0.4, 0.5) is 0 Å². The summed E-state index contributed by atoms with van der Waals surface area (Å²) in [4.78, 5) is 29.5. The van der Waals surface area contributed by atoms with E-state index >= 15 is 0 Å². The number of phosphoric acid groups is 1. The van der Waals surface area contributed by atoms with Gasteiger partial charge in [-0.2, -0.15) is 0 Å². The van der Waals surface area contributed by atoms with Crippen molar-refractivity contribution in [1.29, 1.82) is 0 Å². The molecule has 0 spiro atoms. The van der Waals surface area contributed by atoms with E-state index in [-0.39, 0.29) is 11.0 Å². The average Bonchev–Trinajstić information content (AvgIpc) is 1.78. The van der Waals surface area contributed by atoms with Gasteiger partial charge in [0.2, 0.25) is 0 Å². The van der Waals surface area contributed by atoms with Gasteiger partial charge < -0.3 is 20.0 Å². The molecule has 84 valence electrons. The van der Waals surface area contributed by atoms with E-state index in [1.165, 1.54) is 0 Å². The van der Waals surface area contributed by atoms with Crippen molar-refractivity contribution in [3.8, 4) is 0 Å². The van der Waals surface area contributed by atoms with Crippen molar-refractivity contribution < 1.29 is 28.2 Å². The average molecular weight is 226 g/mol. The van der Waals surface area contributed by atoms with E-state index < -0.39 is 19.8 Å². The van der Waals surface area contributed by atoms with Crippen LogP contribution in [0.15, 0.2) is 0 Å². The van der Waals surface area contributed by atoms with E-state index in [9.17, 15) is 14.3 Å². The molecule has 0 fully saturated rings. The van der Waals surface area contributed by atoms with Crippen molar-refractivity contribution in [3.05, 3.63) is 0 Å². The van der Waals surface area contributed by atoms with Gasteiger partial charge in [-0.05, 0) is 0 Å². The van der Waals surface area contributed by atoms with E-state index in [1.807, 2.05) is 0 Å². The molecule has 0 saturated heterocycles. The summed E-state index contributed by atoms with van der Waals surface area (Å²) in [5.41, 5.74) is 4.91. The van der Waals surface area contributed by atoms with Gasteiger partial charge in [-0.25, -0.2) is 0 Å². The van der Waals surface area contributed by atoms with Gasteiger partial charge in [0.05, 0.1) is 21.1 Å². The van der Waals surface area contributed by atoms with Crippen LogP contribution in [0, 0.1) is 0 Å². The molecule has 0 radical (unpaired) electrons. The standard InChI is InChI=1S/C6H15N2O5P/c1-8(2,3)4-5(6(7)9)13-14(10,11)12/h5H,4H2,1-3H3,(H3-,7,9,10,11,12). The molecule has 0 aromatic carbocycles. The van der Waals surface area contributed by atoms with E-state index in [2.05, 4.69) is 4.52 Å². The largest absolute Gasteiger partial charge is 0.756 e. The minimum atomic E-state index is -4.92. The first-order chi connectivity index (χ1) is 6.01. The molecule has 2 unspecified atom stereocenters. The summed E-state index contributed by atoms with van der Waals surface area (Å²) in [7, 11) is 0.263. The molecule has 0 bridgehead atoms. The molecule has 0 aliphatic rings. The van der Waals surface area contributed by atoms with Crippen LogP contribution in [0.1, 0.15) is 0 Å². The second-order valence-electron chi connectivity index (χ2n) is 3.94. The summed E-state index contributed by atoms with van der Waals surface area (Å²) in [5, 5.41) is 0. The van der Waals surface area contributed by atoms with E-state index in [4.69, 9.17) is 10.6 Å². The van der Waals surface area contributed by atoms with Crippen molar-refractivity contribution in [2.24, 2.45) is 5.73 Å². The Morgan fingerprint density at radius 3 is 2.29 bits per heavy atom. The van der Waals surface area contributed by atoms with Gasteiger partial charge in [-0.1, -0.05) is 0 Å². The fourth-order valence-electron chi connectivity index (χ4n) is 0.834. The Morgan fingerprint density at radius 1 is 1.64 bits per heavy atom. The van der Waals surface area contributed by atoms with Gasteiger partial charge in [0, 0.05) is 0 Å². The predicted octanol–water partition coefficient (Wildman–Crippen LogP) is -1.98. The summed E-state index contributed by atoms with van der Waals surface area (Å²) in [6, 6.07) is 0. The van der Waals surface area contributed by atoms with E-state index in [0.717, 1.165) is 0 Å². The maximum Gasteiger partial charge on any atom is 0.266 e.